The molecule has 0 bridgehead atoms. The lowest BCUT2D eigenvalue weighted by Crippen LogP contribution is -2.41. The van der Waals surface area contributed by atoms with Crippen LogP contribution in [0.15, 0.2) is 82.3 Å². The molecular weight excluding hydrogens is 895 g/mol. The molecule has 3 aromatic carbocycles. The number of carbonyl (C=O) groups excluding carboxylic acids is 2. The first-order valence-corrected chi connectivity index (χ1v) is 23.9. The van der Waals surface area contributed by atoms with Crippen molar-refractivity contribution >= 4 is 45.2 Å². The van der Waals surface area contributed by atoms with Crippen LogP contribution in [-0.2, 0) is 21.5 Å². The standard InChI is InChI=1S/C53H50F2N10O5/c1-7-8-35-26-53(35,50-57-51(68)70-59-50)63-40-12-9-32(33-16-20-69-52(5,6)25-33)23-34(40)24-43(63)49(67)60-17-15-39-45(31(60)4)48(65(58-39)37-21-29(2)46(54)30(3)22-37)62-19-18-61(44(62)28-66)42-14-13-41-38(47(42)55)27-56-64(41)36-10-11-36/h9,12-14,18-19,21-24,27,31,33,35-36H,10-11,15-17,20,25-26H2,1-6H3,(H,57,59,68)/t31-,33-,35-,53-/m0/s1. The highest BCUT2D eigenvalue weighted by Crippen LogP contribution is 2.56. The van der Waals surface area contributed by atoms with Gasteiger partial charge in [-0.2, -0.15) is 10.2 Å². The number of aromatic nitrogens is 7. The minimum absolute atomic E-state index is 0.0350. The molecule has 2 aliphatic carbocycles. The van der Waals surface area contributed by atoms with Crippen LogP contribution in [0.25, 0.3) is 27.5 Å². The molecule has 356 valence electrons. The van der Waals surface area contributed by atoms with E-state index in [-0.39, 0.29) is 59.1 Å². The molecule has 7 heterocycles. The van der Waals surface area contributed by atoms with Crippen molar-refractivity contribution in [2.45, 2.75) is 109 Å². The summed E-state index contributed by atoms with van der Waals surface area (Å²) in [5.74, 6) is 7.14. The molecule has 7 aromatic rings. The third-order valence-corrected chi connectivity index (χ3v) is 15.1. The summed E-state index contributed by atoms with van der Waals surface area (Å²) < 4.78 is 48.5. The highest BCUT2D eigenvalue weighted by Gasteiger charge is 2.61. The molecule has 0 radical (unpaired) electrons. The zero-order valence-electron chi connectivity index (χ0n) is 39.6. The number of nitrogens with one attached hydrogen (secondary N) is 1. The van der Waals surface area contributed by atoms with Crippen LogP contribution in [0.1, 0.15) is 122 Å². The molecule has 0 spiro atoms. The number of halogens is 2. The van der Waals surface area contributed by atoms with Gasteiger partial charge in [0, 0.05) is 48.4 Å². The van der Waals surface area contributed by atoms with Gasteiger partial charge in [-0.15, -0.1) is 5.92 Å². The molecule has 1 N–H and O–H groups in total. The van der Waals surface area contributed by atoms with E-state index in [0.717, 1.165) is 42.1 Å². The van der Waals surface area contributed by atoms with E-state index in [0.29, 0.717) is 69.9 Å². The van der Waals surface area contributed by atoms with Crippen LogP contribution in [0.4, 0.5) is 20.3 Å². The van der Waals surface area contributed by atoms with E-state index in [9.17, 15) is 9.59 Å². The molecule has 3 aliphatic heterocycles. The Morgan fingerprint density at radius 1 is 0.957 bits per heavy atom. The maximum Gasteiger partial charge on any atom is 0.438 e. The molecular formula is C53H50F2N10O5. The predicted octanol–water partition coefficient (Wildman–Crippen LogP) is 8.77. The van der Waals surface area contributed by atoms with Crippen molar-refractivity contribution in [2.75, 3.05) is 23.0 Å². The van der Waals surface area contributed by atoms with Crippen LogP contribution in [0.3, 0.4) is 0 Å². The molecule has 70 heavy (non-hydrogen) atoms. The molecule has 2 saturated carbocycles. The molecule has 15 nitrogen and oxygen atoms in total. The van der Waals surface area contributed by atoms with E-state index in [4.69, 9.17) is 14.4 Å². The summed E-state index contributed by atoms with van der Waals surface area (Å²) in [6.07, 6.45) is 9.24. The van der Waals surface area contributed by atoms with Crippen LogP contribution >= 0.6 is 0 Å². The van der Waals surface area contributed by atoms with Gasteiger partial charge in [0.1, 0.15) is 22.9 Å². The quantitative estimate of drug-likeness (QED) is 0.116. The van der Waals surface area contributed by atoms with Gasteiger partial charge >= 0.3 is 5.76 Å². The average molecular weight is 945 g/mol. The van der Waals surface area contributed by atoms with Gasteiger partial charge in [-0.25, -0.2) is 23.1 Å². The maximum atomic E-state index is 16.6. The topological polar surface area (TPSA) is 153 Å². The lowest BCUT2D eigenvalue weighted by atomic mass is 9.83. The number of aromatic amines is 1. The molecule has 1 amide bonds. The Morgan fingerprint density at radius 3 is 2.44 bits per heavy atom. The number of H-pyrrole nitrogens is 1. The first-order chi connectivity index (χ1) is 33.7. The Kier molecular flexibility index (Phi) is 9.83. The van der Waals surface area contributed by atoms with E-state index in [1.807, 2.05) is 34.4 Å². The summed E-state index contributed by atoms with van der Waals surface area (Å²) in [6.45, 7) is 12.2. The van der Waals surface area contributed by atoms with E-state index < -0.39 is 23.2 Å². The van der Waals surface area contributed by atoms with Crippen molar-refractivity contribution in [3.8, 4) is 17.5 Å². The molecule has 4 atom stereocenters. The van der Waals surface area contributed by atoms with E-state index in [2.05, 4.69) is 59.0 Å². The highest BCUT2D eigenvalue weighted by atomic mass is 19.1. The van der Waals surface area contributed by atoms with Crippen molar-refractivity contribution in [1.29, 1.82) is 0 Å². The molecule has 3 fully saturated rings. The van der Waals surface area contributed by atoms with Gasteiger partial charge in [-0.1, -0.05) is 17.1 Å². The molecule has 5 aliphatic rings. The number of carbonyl (C=O) groups is 1. The molecule has 12 rings (SSSR count). The fourth-order valence-electron chi connectivity index (χ4n) is 11.5. The van der Waals surface area contributed by atoms with Crippen molar-refractivity contribution in [2.24, 2.45) is 5.92 Å². The van der Waals surface area contributed by atoms with Gasteiger partial charge in [0.25, 0.3) is 5.91 Å². The number of hydrogen-bond donors (Lipinski definition) is 1. The summed E-state index contributed by atoms with van der Waals surface area (Å²) in [5.41, 5.74) is 4.43. The van der Waals surface area contributed by atoms with Gasteiger partial charge in [-0.3, -0.25) is 28.8 Å². The Morgan fingerprint density at radius 2 is 1.73 bits per heavy atom. The van der Waals surface area contributed by atoms with Crippen molar-refractivity contribution in [3.63, 3.8) is 0 Å². The van der Waals surface area contributed by atoms with Crippen LogP contribution < -0.4 is 15.6 Å². The minimum atomic E-state index is -1.02. The Hall–Kier alpha value is -7.54. The summed E-state index contributed by atoms with van der Waals surface area (Å²) >= 11 is 0. The fraction of sp³-hybridized carbons (Fsp3) is 0.377. The van der Waals surface area contributed by atoms with Crippen molar-refractivity contribution in [3.05, 3.63) is 135 Å². The molecule has 4 aromatic heterocycles. The second kappa shape index (κ2) is 15.7. The first kappa shape index (κ1) is 43.7. The third kappa shape index (κ3) is 6.64. The van der Waals surface area contributed by atoms with Gasteiger partial charge in [-0.05, 0) is 139 Å². The zero-order valence-corrected chi connectivity index (χ0v) is 39.6. The van der Waals surface area contributed by atoms with Crippen LogP contribution in [-0.4, -0.2) is 69.8 Å². The number of fused-ring (bicyclic) bond motifs is 3. The van der Waals surface area contributed by atoms with Crippen molar-refractivity contribution < 1.29 is 27.6 Å². The van der Waals surface area contributed by atoms with Gasteiger partial charge in [0.15, 0.2) is 17.6 Å². The highest BCUT2D eigenvalue weighted by molar-refractivity contribution is 6.00. The van der Waals surface area contributed by atoms with Crippen LogP contribution in [0.2, 0.25) is 0 Å². The number of anilines is 2. The molecule has 17 heteroatoms. The monoisotopic (exact) mass is 944 g/mol. The smallest absolute Gasteiger partial charge is 0.376 e. The average Bonchev–Trinajstić information content (AvgIpc) is 3.88. The number of amides is 1. The number of ether oxygens (including phenoxy) is 1. The summed E-state index contributed by atoms with van der Waals surface area (Å²) in [7, 11) is 0. The number of aryl methyl sites for hydroxylation is 2. The van der Waals surface area contributed by atoms with Gasteiger partial charge in [0.2, 0.25) is 5.82 Å². The lowest BCUT2D eigenvalue weighted by molar-refractivity contribution is -0.0592. The number of hydrogen-bond acceptors (Lipinski definition) is 10. The van der Waals surface area contributed by atoms with Gasteiger partial charge < -0.3 is 14.2 Å². The third-order valence-electron chi connectivity index (χ3n) is 15.1. The fourth-order valence-corrected chi connectivity index (χ4v) is 11.5. The van der Waals surface area contributed by atoms with E-state index in [1.54, 1.807) is 65.9 Å². The SMILES string of the molecule is CC#C[C@H]1C[C@]1(c1noc(=O)[nH]1)n1c(C(=O)N2CCc3nn(-c4cc(C)c(F)c(C)c4)c(N4C=CN(c5ccc6c(cnn6C6CC6)c5F)C4=C=O)c3[C@@H]2C)cc2cc([C@H]3CCOC(C)(C)C3)ccc21. The summed E-state index contributed by atoms with van der Waals surface area (Å²) in [5, 5.41) is 15.0. The Labute approximate surface area is 400 Å². The Bertz CT molecular complexity index is 3550. The molecule has 1 saturated heterocycles. The largest absolute Gasteiger partial charge is 0.438 e. The number of nitrogens with zero attached hydrogens (tertiary/aromatic N) is 9. The second-order valence-corrected chi connectivity index (χ2v) is 20.0. The second-order valence-electron chi connectivity index (χ2n) is 20.0. The first-order valence-electron chi connectivity index (χ1n) is 23.9. The normalized spacial score (nSPS) is 22.7. The summed E-state index contributed by atoms with van der Waals surface area (Å²) in [4.78, 5) is 49.3. The summed E-state index contributed by atoms with van der Waals surface area (Å²) in [6, 6.07) is 14.7. The number of rotatable bonds is 8. The molecule has 0 unspecified atom stereocenters. The van der Waals surface area contributed by atoms with Crippen LogP contribution in [0, 0.1) is 43.2 Å². The lowest BCUT2D eigenvalue weighted by Gasteiger charge is -2.35. The van der Waals surface area contributed by atoms with Gasteiger partial charge in [0.05, 0.1) is 57.8 Å². The maximum absolute atomic E-state index is 16.6. The number of benzene rings is 3. The minimum Gasteiger partial charge on any atom is -0.376 e. The van der Waals surface area contributed by atoms with E-state index >= 15 is 13.6 Å². The zero-order chi connectivity index (χ0) is 48.5. The van der Waals surface area contributed by atoms with E-state index in [1.165, 1.54) is 11.1 Å². The van der Waals surface area contributed by atoms with Crippen molar-refractivity contribution in [1.82, 2.24) is 39.2 Å². The predicted molar refractivity (Wildman–Crippen MR) is 257 cm³/mol. The Balaban J connectivity index is 0.984. The van der Waals surface area contributed by atoms with Crippen LogP contribution in [0.5, 0.6) is 0 Å².